The fourth-order valence-corrected chi connectivity index (χ4v) is 17.9. The van der Waals surface area contributed by atoms with Crippen molar-refractivity contribution < 1.29 is 0 Å². The number of benzene rings is 17. The predicted molar refractivity (Wildman–Crippen MR) is 474 cm³/mol. The van der Waals surface area contributed by atoms with E-state index in [1.54, 1.807) is 0 Å². The van der Waals surface area contributed by atoms with Crippen LogP contribution in [0.1, 0.15) is 105 Å². The first-order chi connectivity index (χ1) is 53.5. The lowest BCUT2D eigenvalue weighted by atomic mass is 9.33. The molecule has 18 aromatic rings. The van der Waals surface area contributed by atoms with Crippen LogP contribution in [0.4, 0.5) is 34.1 Å². The highest BCUT2D eigenvalue weighted by Crippen LogP contribution is 2.54. The van der Waals surface area contributed by atoms with E-state index in [1.807, 2.05) is 0 Å². The van der Waals surface area contributed by atoms with Crippen molar-refractivity contribution in [2.45, 2.75) is 105 Å². The molecule has 111 heavy (non-hydrogen) atoms. The molecule has 1 aromatic heterocycles. The summed E-state index contributed by atoms with van der Waals surface area (Å²) in [6.45, 7) is 27.5. The van der Waals surface area contributed by atoms with Gasteiger partial charge in [-0.1, -0.05) is 314 Å². The fourth-order valence-electron chi connectivity index (χ4n) is 17.9. The molecule has 0 amide bonds. The second-order valence-electron chi connectivity index (χ2n) is 35.3. The van der Waals surface area contributed by atoms with Gasteiger partial charge >= 0.3 is 0 Å². The molecule has 534 valence electrons. The lowest BCUT2D eigenvalue weighted by molar-refractivity contribution is 0.568. The molecule has 0 aliphatic carbocycles. The monoisotopic (exact) mass is 1430 g/mol. The molecule has 17 aromatic carbocycles. The van der Waals surface area contributed by atoms with Gasteiger partial charge in [0.05, 0.1) is 0 Å². The average molecular weight is 1430 g/mol. The minimum absolute atomic E-state index is 0.188. The van der Waals surface area contributed by atoms with Crippen LogP contribution in [0.15, 0.2) is 303 Å². The van der Waals surface area contributed by atoms with Gasteiger partial charge in [-0.25, -0.2) is 15.0 Å². The number of nitrogens with zero attached hydrogens (tertiary/aromatic N) is 5. The number of fused-ring (bicyclic) bond motifs is 6. The molecule has 3 heterocycles. The van der Waals surface area contributed by atoms with Gasteiger partial charge in [0.2, 0.25) is 0 Å². The summed E-state index contributed by atoms with van der Waals surface area (Å²) >= 11 is 0. The van der Waals surface area contributed by atoms with Gasteiger partial charge in [-0.2, -0.15) is 0 Å². The van der Waals surface area contributed by atoms with Crippen LogP contribution in [0.2, 0.25) is 0 Å². The highest BCUT2D eigenvalue weighted by atomic mass is 15.2. The molecule has 20 rings (SSSR count). The Bertz CT molecular complexity index is 6180. The van der Waals surface area contributed by atoms with Crippen molar-refractivity contribution >= 4 is 122 Å². The van der Waals surface area contributed by atoms with Gasteiger partial charge in [0.1, 0.15) is 0 Å². The van der Waals surface area contributed by atoms with Gasteiger partial charge in [-0.05, 0) is 231 Å². The maximum Gasteiger partial charge on any atom is 0.252 e. The molecule has 2 aliphatic rings. The molecule has 0 unspecified atom stereocenters. The maximum absolute atomic E-state index is 6.00. The van der Waals surface area contributed by atoms with Crippen LogP contribution < -0.4 is 26.2 Å². The second kappa shape index (κ2) is 25.0. The minimum Gasteiger partial charge on any atom is -0.311 e. The maximum atomic E-state index is 6.00. The lowest BCUT2D eigenvalue weighted by Gasteiger charge is -2.45. The second-order valence-corrected chi connectivity index (χ2v) is 35.3. The Kier molecular flexibility index (Phi) is 15.3. The van der Waals surface area contributed by atoms with Crippen molar-refractivity contribution in [3.05, 3.63) is 326 Å². The van der Waals surface area contributed by atoms with Crippen molar-refractivity contribution in [1.29, 1.82) is 0 Å². The Morgan fingerprint density at radius 1 is 0.234 bits per heavy atom. The van der Waals surface area contributed by atoms with E-state index < -0.39 is 0 Å². The van der Waals surface area contributed by atoms with E-state index in [0.717, 1.165) is 95.3 Å². The first kappa shape index (κ1) is 67.8. The number of hydrogen-bond acceptors (Lipinski definition) is 5. The zero-order chi connectivity index (χ0) is 75.7. The summed E-state index contributed by atoms with van der Waals surface area (Å²) in [7, 11) is 0. The summed E-state index contributed by atoms with van der Waals surface area (Å²) in [6.07, 6.45) is 0. The van der Waals surface area contributed by atoms with Crippen LogP contribution in [0.3, 0.4) is 0 Å². The molecular weight excluding hydrogens is 1340 g/mol. The number of rotatable bonds is 9. The van der Waals surface area contributed by atoms with E-state index >= 15 is 0 Å². The van der Waals surface area contributed by atoms with Gasteiger partial charge in [-0.3, -0.25) is 0 Å². The van der Waals surface area contributed by atoms with Crippen molar-refractivity contribution in [2.75, 3.05) is 9.80 Å². The van der Waals surface area contributed by atoms with Crippen LogP contribution in [0, 0.1) is 0 Å². The van der Waals surface area contributed by atoms with E-state index in [4.69, 9.17) is 15.0 Å². The van der Waals surface area contributed by atoms with Crippen molar-refractivity contribution in [3.8, 4) is 78.7 Å². The van der Waals surface area contributed by atoms with Crippen LogP contribution in [0.25, 0.3) is 143 Å². The van der Waals surface area contributed by atoms with Crippen LogP contribution in [-0.2, 0) is 21.7 Å². The predicted octanol–water partition coefficient (Wildman–Crippen LogP) is 26.6. The molecule has 0 saturated carbocycles. The highest BCUT2D eigenvalue weighted by molar-refractivity contribution is 7.01. The lowest BCUT2D eigenvalue weighted by Crippen LogP contribution is -2.61. The SMILES string of the molecule is CC(C)(C)c1cc(-c2nc(-c3cc(C(C)(C)C)cc(C(C)(C)C)c3)nc(-c3cc4c5c(c3)N(c3cc(-c6ccccc6)cc(-c6ccccc6)c3)c3c(cc6ccc7cccc8ccc3c6c78)B5c3cc5ccc6cccc7ccc(c3N4c3cc(-c4ccccc4)cc(-c4ccccc4)c3)c5c67)n2)cc(C(C)(C)C)c1. The zero-order valence-electron chi connectivity index (χ0n) is 65.2. The molecule has 6 heteroatoms. The smallest absolute Gasteiger partial charge is 0.252 e. The number of aromatic nitrogens is 3. The Labute approximate surface area is 651 Å². The first-order valence-corrected chi connectivity index (χ1v) is 39.3. The van der Waals surface area contributed by atoms with Gasteiger partial charge < -0.3 is 9.80 Å². The third-order valence-electron chi connectivity index (χ3n) is 23.8. The Morgan fingerprint density at radius 3 is 0.829 bits per heavy atom. The summed E-state index contributed by atoms with van der Waals surface area (Å²) in [5, 5.41) is 14.7. The highest BCUT2D eigenvalue weighted by Gasteiger charge is 2.46. The third-order valence-corrected chi connectivity index (χ3v) is 23.8. The molecular formula is C105H86BN5. The standard InChI is InChI=1S/C105H86BN5/c1-102(2,3)80-49-77(50-81(61-80)103(4,5)6)99-107-100(78-51-82(104(7,8)9)62-83(52-78)105(10,11)12)109-101(108-99)79-59-90-96-91(60-79)111(85-55-75(65-31-21-15-22-32-65)48-76(56-85)66-33-23-16-24-34-66)98-87-46-44-70-38-26-36-68-40-42-72(95(87)93(68)70)58-89(98)106(96)88-57-71-41-39-67-35-25-37-69-43-45-86(94(71)92(67)69)97(88)110(90)84-53-73(63-27-17-13-18-28-63)47-74(54-84)64-29-19-14-20-30-64/h13-62H,1-12H3. The Balaban J connectivity index is 0.991. The van der Waals surface area contributed by atoms with Crippen LogP contribution in [0.5, 0.6) is 0 Å². The summed E-state index contributed by atoms with van der Waals surface area (Å²) < 4.78 is 0. The fraction of sp³-hybridized carbons (Fsp3) is 0.152. The summed E-state index contributed by atoms with van der Waals surface area (Å²) in [5.74, 6) is 1.82. The van der Waals surface area contributed by atoms with E-state index in [-0.39, 0.29) is 28.4 Å². The molecule has 0 saturated heterocycles. The van der Waals surface area contributed by atoms with E-state index in [9.17, 15) is 0 Å². The Hall–Kier alpha value is -12.5. The minimum atomic E-state index is -0.307. The van der Waals surface area contributed by atoms with Crippen molar-refractivity contribution in [3.63, 3.8) is 0 Å². The molecule has 0 fully saturated rings. The van der Waals surface area contributed by atoms with E-state index in [1.165, 1.54) is 103 Å². The Morgan fingerprint density at radius 2 is 0.523 bits per heavy atom. The quantitative estimate of drug-likeness (QED) is 0.106. The molecule has 0 radical (unpaired) electrons. The summed E-state index contributed by atoms with van der Waals surface area (Å²) in [6, 6.07) is 115. The van der Waals surface area contributed by atoms with Gasteiger partial charge in [0.25, 0.3) is 6.71 Å². The van der Waals surface area contributed by atoms with Gasteiger partial charge in [0.15, 0.2) is 17.5 Å². The molecule has 0 atom stereocenters. The molecule has 5 nitrogen and oxygen atoms in total. The van der Waals surface area contributed by atoms with E-state index in [0.29, 0.717) is 17.5 Å². The third kappa shape index (κ3) is 11.4. The molecule has 2 aliphatic heterocycles. The van der Waals surface area contributed by atoms with Crippen molar-refractivity contribution in [1.82, 2.24) is 15.0 Å². The topological polar surface area (TPSA) is 45.2 Å². The summed E-state index contributed by atoms with van der Waals surface area (Å²) in [4.78, 5) is 23.1. The average Bonchev–Trinajstić information content (AvgIpc) is 0.674. The zero-order valence-corrected chi connectivity index (χ0v) is 65.2. The largest absolute Gasteiger partial charge is 0.311 e. The summed E-state index contributed by atoms with van der Waals surface area (Å²) in [5.41, 5.74) is 26.0. The number of hydrogen-bond donors (Lipinski definition) is 0. The normalized spacial score (nSPS) is 13.2. The van der Waals surface area contributed by atoms with E-state index in [2.05, 4.69) is 396 Å². The van der Waals surface area contributed by atoms with Crippen LogP contribution >= 0.6 is 0 Å². The molecule has 0 bridgehead atoms. The number of anilines is 6. The molecule has 0 spiro atoms. The van der Waals surface area contributed by atoms with Gasteiger partial charge in [-0.15, -0.1) is 0 Å². The van der Waals surface area contributed by atoms with Crippen LogP contribution in [-0.4, -0.2) is 21.7 Å². The first-order valence-electron chi connectivity index (χ1n) is 39.3. The van der Waals surface area contributed by atoms with Crippen molar-refractivity contribution in [2.24, 2.45) is 0 Å². The van der Waals surface area contributed by atoms with Gasteiger partial charge in [0, 0.05) is 61.6 Å². The molecule has 0 N–H and O–H groups in total.